The molecule has 3 saturated heterocycles. The Labute approximate surface area is 303 Å². The van der Waals surface area contributed by atoms with Gasteiger partial charge in [0.25, 0.3) is 0 Å². The molecule has 3 aliphatic carbocycles. The lowest BCUT2D eigenvalue weighted by atomic mass is 9.38. The number of ketones is 1. The van der Waals surface area contributed by atoms with E-state index in [2.05, 4.69) is 0 Å². The number of Topliss-reactive ketones (excluding diaryl/α,β-unsaturated/α-hetero) is 1. The molecular formula is C35H46O18. The van der Waals surface area contributed by atoms with Crippen LogP contribution in [0.3, 0.4) is 0 Å². The third kappa shape index (κ3) is 5.55. The van der Waals surface area contributed by atoms with E-state index in [1.165, 1.54) is 33.8 Å². The molecule has 294 valence electrons. The molecule has 0 aromatic heterocycles. The highest BCUT2D eigenvalue weighted by Gasteiger charge is 2.85. The summed E-state index contributed by atoms with van der Waals surface area (Å²) in [7, 11) is 0. The Bertz CT molecular complexity index is 1640. The predicted octanol–water partition coefficient (Wildman–Crippen LogP) is -2.14. The van der Waals surface area contributed by atoms with E-state index in [9.17, 15) is 59.7 Å². The standard InChI is InChI=1S/C35H46O18/c1-12(32(4,5)53-14(3)37)7-19(38)52-25-27-34-11-48-35(27,31(46)47)28(44)24(43)26(34)33(6)9-16(20(39)13(2)15(33)8-18(34)51-29(25)45)49-30-23(42)22(41)21(40)17(10-36)50-30/h7,9,13,15,17-18,21-28,30,36,40-44H,8,10-11H2,1-6H3,(H,46,47)/b12-7+/t13-,15-,17+,18+,21+,22-,23+,24+,25+,26+,27+,28-,30+,33-,34+,35-/m0/s1. The molecule has 53 heavy (non-hydrogen) atoms. The highest BCUT2D eigenvalue weighted by molar-refractivity contribution is 5.97. The van der Waals surface area contributed by atoms with Crippen LogP contribution in [0, 0.1) is 34.5 Å². The Morgan fingerprint density at radius 3 is 2.28 bits per heavy atom. The van der Waals surface area contributed by atoms with E-state index in [1.807, 2.05) is 0 Å². The van der Waals surface area contributed by atoms with Crippen molar-refractivity contribution in [1.29, 1.82) is 0 Å². The van der Waals surface area contributed by atoms with Crippen molar-refractivity contribution < 1.29 is 88.1 Å². The number of allylic oxidation sites excluding steroid dienone is 2. The first kappa shape index (κ1) is 39.2. The Morgan fingerprint density at radius 2 is 1.68 bits per heavy atom. The van der Waals surface area contributed by atoms with Crippen molar-refractivity contribution in [2.75, 3.05) is 13.2 Å². The van der Waals surface area contributed by atoms with Gasteiger partial charge in [0.15, 0.2) is 11.5 Å². The molecule has 5 fully saturated rings. The maximum Gasteiger partial charge on any atom is 0.348 e. The van der Waals surface area contributed by atoms with E-state index in [0.29, 0.717) is 0 Å². The summed E-state index contributed by atoms with van der Waals surface area (Å²) in [6.45, 7) is 7.65. The lowest BCUT2D eigenvalue weighted by Crippen LogP contribution is -2.79. The SMILES string of the molecule is CC(=O)OC(C)(C)/C(C)=C/C(=O)O[C@H]1C(=O)O[C@@H]2C[C@H]3[C@H](C)C(=O)C(O[C@@H]4O[C@H](CO)[C@@H](O)[C@H](O)[C@H]4O)=C[C@]3(C)[C@H]3[C@@H](O)[C@H](O)[C@@]4(C(=O)O)OC[C@]32[C@@H]14. The number of carbonyl (C=O) groups excluding carboxylic acids is 4. The second-order valence-electron chi connectivity index (χ2n) is 15.8. The van der Waals surface area contributed by atoms with E-state index in [-0.39, 0.29) is 17.8 Å². The van der Waals surface area contributed by atoms with Crippen molar-refractivity contribution in [3.63, 3.8) is 0 Å². The molecule has 0 aromatic carbocycles. The normalized spacial score (nSPS) is 46.3. The molecular weight excluding hydrogens is 708 g/mol. The molecule has 0 aromatic rings. The monoisotopic (exact) mass is 754 g/mol. The van der Waals surface area contributed by atoms with Crippen molar-refractivity contribution in [2.45, 2.75) is 114 Å². The number of esters is 3. The maximum atomic E-state index is 13.8. The van der Waals surface area contributed by atoms with Crippen LogP contribution in [0.1, 0.15) is 48.0 Å². The summed E-state index contributed by atoms with van der Waals surface area (Å²) in [5.74, 6) is -10.1. The quantitative estimate of drug-likeness (QED) is 0.0791. The fraction of sp³-hybridized carbons (Fsp3) is 0.743. The van der Waals surface area contributed by atoms with Gasteiger partial charge >= 0.3 is 23.9 Å². The number of carboxylic acid groups (broad SMARTS) is 1. The second kappa shape index (κ2) is 13.1. The van der Waals surface area contributed by atoms with Gasteiger partial charge in [-0.3, -0.25) is 9.59 Å². The number of fused-ring (bicyclic) bond motifs is 2. The highest BCUT2D eigenvalue weighted by Crippen LogP contribution is 2.72. The number of rotatable bonds is 8. The van der Waals surface area contributed by atoms with Gasteiger partial charge < -0.3 is 64.2 Å². The van der Waals surface area contributed by atoms with Crippen LogP contribution in [0.5, 0.6) is 0 Å². The first-order chi connectivity index (χ1) is 24.6. The molecule has 0 radical (unpaired) electrons. The minimum atomic E-state index is -2.66. The minimum absolute atomic E-state index is 0.0515. The Balaban J connectivity index is 1.44. The lowest BCUT2D eigenvalue weighted by molar-refractivity contribution is -0.296. The molecule has 0 unspecified atom stereocenters. The lowest BCUT2D eigenvalue weighted by Gasteiger charge is -2.67. The van der Waals surface area contributed by atoms with E-state index in [0.717, 1.165) is 6.08 Å². The summed E-state index contributed by atoms with van der Waals surface area (Å²) in [5.41, 5.74) is -6.73. The van der Waals surface area contributed by atoms with Gasteiger partial charge in [0.1, 0.15) is 42.2 Å². The van der Waals surface area contributed by atoms with Gasteiger partial charge in [-0.05, 0) is 50.2 Å². The fourth-order valence-corrected chi connectivity index (χ4v) is 9.98. The first-order valence-electron chi connectivity index (χ1n) is 17.4. The molecule has 7 N–H and O–H groups in total. The molecule has 2 bridgehead atoms. The molecule has 18 nitrogen and oxygen atoms in total. The average molecular weight is 755 g/mol. The summed E-state index contributed by atoms with van der Waals surface area (Å²) in [6.07, 6.45) is -13.5. The van der Waals surface area contributed by atoms with Gasteiger partial charge in [0, 0.05) is 30.3 Å². The zero-order valence-electron chi connectivity index (χ0n) is 29.9. The average Bonchev–Trinajstić information content (AvgIpc) is 3.38. The van der Waals surface area contributed by atoms with Gasteiger partial charge in [0.05, 0.1) is 25.2 Å². The summed E-state index contributed by atoms with van der Waals surface area (Å²) >= 11 is 0. The third-order valence-corrected chi connectivity index (χ3v) is 12.7. The Hall–Kier alpha value is -3.49. The molecule has 18 heteroatoms. The van der Waals surface area contributed by atoms with Crippen LogP contribution >= 0.6 is 0 Å². The van der Waals surface area contributed by atoms with Crippen LogP contribution in [-0.4, -0.2) is 145 Å². The van der Waals surface area contributed by atoms with Crippen molar-refractivity contribution in [3.05, 3.63) is 23.5 Å². The van der Waals surface area contributed by atoms with Crippen molar-refractivity contribution >= 4 is 29.7 Å². The molecule has 0 amide bonds. The van der Waals surface area contributed by atoms with Gasteiger partial charge in [-0.25, -0.2) is 14.4 Å². The second-order valence-corrected chi connectivity index (χ2v) is 15.8. The number of hydrogen-bond donors (Lipinski definition) is 7. The summed E-state index contributed by atoms with van der Waals surface area (Å²) in [4.78, 5) is 65.8. The summed E-state index contributed by atoms with van der Waals surface area (Å²) < 4.78 is 34.1. The van der Waals surface area contributed by atoms with Crippen molar-refractivity contribution in [3.8, 4) is 0 Å². The van der Waals surface area contributed by atoms with Crippen molar-refractivity contribution in [2.24, 2.45) is 34.5 Å². The van der Waals surface area contributed by atoms with Crippen LogP contribution in [0.15, 0.2) is 23.5 Å². The molecule has 1 spiro atoms. The maximum absolute atomic E-state index is 13.8. The molecule has 2 saturated carbocycles. The predicted molar refractivity (Wildman–Crippen MR) is 170 cm³/mol. The van der Waals surface area contributed by atoms with Gasteiger partial charge in [-0.15, -0.1) is 0 Å². The van der Waals surface area contributed by atoms with E-state index < -0.39 is 144 Å². The number of carbonyl (C=O) groups is 5. The van der Waals surface area contributed by atoms with E-state index in [4.69, 9.17) is 28.4 Å². The first-order valence-corrected chi connectivity index (χ1v) is 17.4. The number of aliphatic hydroxyl groups excluding tert-OH is 6. The number of ether oxygens (including phenoxy) is 6. The van der Waals surface area contributed by atoms with Crippen LogP contribution in [0.25, 0.3) is 0 Å². The van der Waals surface area contributed by atoms with Crippen LogP contribution in [0.4, 0.5) is 0 Å². The van der Waals surface area contributed by atoms with E-state index >= 15 is 0 Å². The smallest absolute Gasteiger partial charge is 0.348 e. The van der Waals surface area contributed by atoms with Crippen LogP contribution in [-0.2, 0) is 52.4 Å². The van der Waals surface area contributed by atoms with Gasteiger partial charge in [-0.2, -0.15) is 0 Å². The highest BCUT2D eigenvalue weighted by atomic mass is 16.7. The Morgan fingerprint density at radius 1 is 1.02 bits per heavy atom. The van der Waals surface area contributed by atoms with Gasteiger partial charge in [-0.1, -0.05) is 13.8 Å². The molecule has 6 aliphatic rings. The van der Waals surface area contributed by atoms with Crippen LogP contribution < -0.4 is 0 Å². The largest absolute Gasteiger partial charge is 0.479 e. The molecule has 3 aliphatic heterocycles. The zero-order chi connectivity index (χ0) is 39.3. The summed E-state index contributed by atoms with van der Waals surface area (Å²) in [6, 6.07) is 0. The van der Waals surface area contributed by atoms with Gasteiger partial charge in [0.2, 0.25) is 18.0 Å². The molecule has 16 atom stereocenters. The topological polar surface area (TPSA) is 282 Å². The number of aliphatic carboxylic acids is 1. The third-order valence-electron chi connectivity index (χ3n) is 12.7. The number of aliphatic hydroxyl groups is 6. The molecule has 3 heterocycles. The van der Waals surface area contributed by atoms with Crippen molar-refractivity contribution in [1.82, 2.24) is 0 Å². The molecule has 6 rings (SSSR count). The van der Waals surface area contributed by atoms with Crippen LogP contribution in [0.2, 0.25) is 0 Å². The minimum Gasteiger partial charge on any atom is -0.479 e. The zero-order valence-corrected chi connectivity index (χ0v) is 29.9. The van der Waals surface area contributed by atoms with E-state index in [1.54, 1.807) is 13.8 Å². The number of hydrogen-bond acceptors (Lipinski definition) is 17. The Kier molecular flexibility index (Phi) is 9.67. The summed E-state index contributed by atoms with van der Waals surface area (Å²) in [5, 5.41) is 75.3. The fourth-order valence-electron chi connectivity index (χ4n) is 9.98. The number of carboxylic acids is 1.